The van der Waals surface area contributed by atoms with E-state index in [9.17, 15) is 0 Å². The maximum atomic E-state index is 8.48. The first-order valence-electron chi connectivity index (χ1n) is 5.55. The van der Waals surface area contributed by atoms with Crippen LogP contribution in [0.1, 0.15) is 34.1 Å². The van der Waals surface area contributed by atoms with Crippen LogP contribution in [-0.2, 0) is 9.05 Å². The zero-order valence-corrected chi connectivity index (χ0v) is 11.5. The van der Waals surface area contributed by atoms with Crippen LogP contribution in [0.4, 0.5) is 0 Å². The molecule has 4 nitrogen and oxygen atoms in total. The standard InChI is InChI=1S/C11H22N2O2P/c1-6-14-16(15-9-7-8-12)13(10(2)3)11(4)5/h10-11H,1,6-7,9H2,2-5H3. The predicted octanol–water partition coefficient (Wildman–Crippen LogP) is 3.11. The molecule has 0 N–H and O–H groups in total. The van der Waals surface area contributed by atoms with Gasteiger partial charge >= 0.3 is 0 Å². The summed E-state index contributed by atoms with van der Waals surface area (Å²) < 4.78 is 13.3. The van der Waals surface area contributed by atoms with Gasteiger partial charge in [0.05, 0.1) is 25.7 Å². The van der Waals surface area contributed by atoms with Crippen LogP contribution < -0.4 is 0 Å². The van der Waals surface area contributed by atoms with E-state index in [4.69, 9.17) is 14.3 Å². The van der Waals surface area contributed by atoms with Gasteiger partial charge in [0.25, 0.3) is 8.53 Å². The van der Waals surface area contributed by atoms with Gasteiger partial charge in [0.1, 0.15) is 0 Å². The fourth-order valence-electron chi connectivity index (χ4n) is 1.39. The average molecular weight is 245 g/mol. The van der Waals surface area contributed by atoms with Crippen molar-refractivity contribution in [2.75, 3.05) is 13.2 Å². The summed E-state index contributed by atoms with van der Waals surface area (Å²) in [6.07, 6.45) is 0.392. The monoisotopic (exact) mass is 245 g/mol. The Morgan fingerprint density at radius 2 is 1.81 bits per heavy atom. The normalized spacial score (nSPS) is 13.4. The molecule has 0 amide bonds. The van der Waals surface area contributed by atoms with E-state index in [1.165, 1.54) is 0 Å². The number of hydrogen-bond acceptors (Lipinski definition) is 4. The molecule has 16 heavy (non-hydrogen) atoms. The Bertz CT molecular complexity index is 209. The number of nitrogens with zero attached hydrogens (tertiary/aromatic N) is 2. The van der Waals surface area contributed by atoms with Gasteiger partial charge in [-0.15, -0.1) is 0 Å². The molecular weight excluding hydrogens is 223 g/mol. The van der Waals surface area contributed by atoms with Crippen LogP contribution in [0.5, 0.6) is 0 Å². The third-order valence-electron chi connectivity index (χ3n) is 1.86. The average Bonchev–Trinajstić information content (AvgIpc) is 2.17. The molecule has 0 saturated heterocycles. The van der Waals surface area contributed by atoms with Gasteiger partial charge in [-0.05, 0) is 34.6 Å². The van der Waals surface area contributed by atoms with E-state index in [1.54, 1.807) is 0 Å². The quantitative estimate of drug-likeness (QED) is 0.487. The van der Waals surface area contributed by atoms with Gasteiger partial charge < -0.3 is 9.05 Å². The number of rotatable bonds is 8. The molecule has 0 fully saturated rings. The van der Waals surface area contributed by atoms with Crippen molar-refractivity contribution >= 4 is 8.53 Å². The summed E-state index contributed by atoms with van der Waals surface area (Å²) in [5.41, 5.74) is 0. The van der Waals surface area contributed by atoms with E-state index in [1.807, 2.05) is 0 Å². The molecule has 0 aromatic rings. The van der Waals surface area contributed by atoms with Crippen molar-refractivity contribution < 1.29 is 9.05 Å². The molecule has 1 radical (unpaired) electrons. The fourth-order valence-corrected chi connectivity index (χ4v) is 2.89. The van der Waals surface area contributed by atoms with Gasteiger partial charge in [-0.1, -0.05) is 0 Å². The Balaban J connectivity index is 4.39. The highest BCUT2D eigenvalue weighted by molar-refractivity contribution is 7.44. The van der Waals surface area contributed by atoms with Gasteiger partial charge in [0, 0.05) is 12.1 Å². The van der Waals surface area contributed by atoms with Gasteiger partial charge in [0.15, 0.2) is 0 Å². The Labute approximate surface area is 100 Å². The zero-order chi connectivity index (χ0) is 12.6. The predicted molar refractivity (Wildman–Crippen MR) is 66.5 cm³/mol. The highest BCUT2D eigenvalue weighted by Gasteiger charge is 2.26. The summed E-state index contributed by atoms with van der Waals surface area (Å²) in [5.74, 6) is 0. The smallest absolute Gasteiger partial charge is 0.259 e. The van der Waals surface area contributed by atoms with E-state index < -0.39 is 8.53 Å². The van der Waals surface area contributed by atoms with Gasteiger partial charge in [-0.3, -0.25) is 0 Å². The van der Waals surface area contributed by atoms with Crippen LogP contribution in [0.2, 0.25) is 0 Å². The van der Waals surface area contributed by atoms with E-state index in [0.29, 0.717) is 31.7 Å². The molecule has 0 aromatic heterocycles. The minimum absolute atomic E-state index is 0.347. The molecule has 5 heteroatoms. The van der Waals surface area contributed by atoms with Crippen molar-refractivity contribution in [1.29, 1.82) is 5.26 Å². The summed E-state index contributed by atoms with van der Waals surface area (Å²) >= 11 is 0. The minimum Gasteiger partial charge on any atom is -0.322 e. The maximum absolute atomic E-state index is 8.48. The van der Waals surface area contributed by atoms with Crippen molar-refractivity contribution in [3.63, 3.8) is 0 Å². The third-order valence-corrected chi connectivity index (χ3v) is 3.97. The Kier molecular flexibility index (Phi) is 8.78. The maximum Gasteiger partial charge on any atom is 0.259 e. The largest absolute Gasteiger partial charge is 0.322 e. The molecule has 0 saturated carbocycles. The second-order valence-electron chi connectivity index (χ2n) is 3.88. The second-order valence-corrected chi connectivity index (χ2v) is 5.33. The lowest BCUT2D eigenvalue weighted by Crippen LogP contribution is -2.33. The van der Waals surface area contributed by atoms with E-state index >= 15 is 0 Å². The van der Waals surface area contributed by atoms with Crippen molar-refractivity contribution in [3.8, 4) is 6.07 Å². The Morgan fingerprint density at radius 1 is 1.25 bits per heavy atom. The van der Waals surface area contributed by atoms with E-state index in [-0.39, 0.29) is 0 Å². The van der Waals surface area contributed by atoms with Crippen LogP contribution in [-0.4, -0.2) is 30.0 Å². The van der Waals surface area contributed by atoms with E-state index in [0.717, 1.165) is 0 Å². The van der Waals surface area contributed by atoms with Gasteiger partial charge in [-0.25, -0.2) is 4.67 Å². The summed E-state index contributed by atoms with van der Waals surface area (Å²) in [6.45, 7) is 12.9. The topological polar surface area (TPSA) is 45.5 Å². The van der Waals surface area contributed by atoms with Crippen LogP contribution in [0.25, 0.3) is 0 Å². The lowest BCUT2D eigenvalue weighted by atomic mass is 10.3. The lowest BCUT2D eigenvalue weighted by molar-refractivity contribution is 0.186. The zero-order valence-electron chi connectivity index (χ0n) is 10.6. The summed E-state index contributed by atoms with van der Waals surface area (Å²) in [6, 6.07) is 2.75. The molecule has 93 valence electrons. The van der Waals surface area contributed by atoms with Crippen LogP contribution in [0.15, 0.2) is 0 Å². The summed E-state index contributed by atoms with van der Waals surface area (Å²) in [4.78, 5) is 0. The summed E-state index contributed by atoms with van der Waals surface area (Å²) in [7, 11) is -1.09. The van der Waals surface area contributed by atoms with Crippen LogP contribution >= 0.6 is 8.53 Å². The molecule has 0 aliphatic heterocycles. The second kappa shape index (κ2) is 8.90. The first-order valence-corrected chi connectivity index (χ1v) is 6.68. The Morgan fingerprint density at radius 3 is 2.19 bits per heavy atom. The first kappa shape index (κ1) is 15.8. The third kappa shape index (κ3) is 5.77. The molecule has 1 unspecified atom stereocenters. The number of nitriles is 1. The molecule has 1 atom stereocenters. The van der Waals surface area contributed by atoms with Gasteiger partial charge in [-0.2, -0.15) is 5.26 Å². The van der Waals surface area contributed by atoms with Crippen LogP contribution in [0, 0.1) is 18.3 Å². The summed E-state index contributed by atoms with van der Waals surface area (Å²) in [5, 5.41) is 8.48. The van der Waals surface area contributed by atoms with Crippen molar-refractivity contribution in [2.45, 2.75) is 46.2 Å². The molecule has 0 aliphatic carbocycles. The highest BCUT2D eigenvalue weighted by Crippen LogP contribution is 2.45. The first-order chi connectivity index (χ1) is 7.54. The van der Waals surface area contributed by atoms with Crippen molar-refractivity contribution in [1.82, 2.24) is 4.67 Å². The van der Waals surface area contributed by atoms with Crippen molar-refractivity contribution in [2.24, 2.45) is 0 Å². The van der Waals surface area contributed by atoms with Crippen LogP contribution in [0.3, 0.4) is 0 Å². The van der Waals surface area contributed by atoms with Gasteiger partial charge in [0.2, 0.25) is 0 Å². The molecular formula is C11H22N2O2P. The van der Waals surface area contributed by atoms with E-state index in [2.05, 4.69) is 45.4 Å². The molecule has 0 aliphatic rings. The Hall–Kier alpha value is -0.200. The SMILES string of the molecule is [CH2]COP(OCCC#N)N(C(C)C)C(C)C. The highest BCUT2D eigenvalue weighted by atomic mass is 31.2. The fraction of sp³-hybridized carbons (Fsp3) is 0.818. The minimum atomic E-state index is -1.09. The lowest BCUT2D eigenvalue weighted by Gasteiger charge is -2.35. The molecule has 0 bridgehead atoms. The number of hydrogen-bond donors (Lipinski definition) is 0. The molecule has 0 aromatic carbocycles. The van der Waals surface area contributed by atoms with Crippen molar-refractivity contribution in [3.05, 3.63) is 6.92 Å². The molecule has 0 spiro atoms. The molecule has 0 rings (SSSR count). The molecule has 0 heterocycles.